The molecule has 0 aliphatic carbocycles. The lowest BCUT2D eigenvalue weighted by atomic mass is 10.1. The predicted molar refractivity (Wildman–Crippen MR) is 107 cm³/mol. The smallest absolute Gasteiger partial charge is 0.260 e. The number of rotatable bonds is 7. The number of nitrogens with zero attached hydrogens (tertiary/aromatic N) is 1. The molecule has 1 heterocycles. The summed E-state index contributed by atoms with van der Waals surface area (Å²) in [6.45, 7) is 6.36. The number of quaternary nitrogens is 1. The van der Waals surface area contributed by atoms with Gasteiger partial charge in [-0.2, -0.15) is 0 Å². The van der Waals surface area contributed by atoms with Crippen molar-refractivity contribution in [2.24, 2.45) is 0 Å². The first kappa shape index (κ1) is 20.0. The molecule has 1 aliphatic rings. The largest absolute Gasteiger partial charge is 0.493 e. The highest BCUT2D eigenvalue weighted by molar-refractivity contribution is 5.77. The third kappa shape index (κ3) is 5.16. The molecule has 0 saturated carbocycles. The quantitative estimate of drug-likeness (QED) is 0.781. The molecule has 2 aromatic carbocycles. The van der Waals surface area contributed by atoms with Gasteiger partial charge < -0.3 is 24.0 Å². The van der Waals surface area contributed by atoms with Crippen LogP contribution in [0, 0.1) is 6.92 Å². The molecule has 0 unspecified atom stereocenters. The minimum absolute atomic E-state index is 0.0470. The van der Waals surface area contributed by atoms with E-state index in [4.69, 9.17) is 14.2 Å². The third-order valence-electron chi connectivity index (χ3n) is 5.11. The van der Waals surface area contributed by atoms with Crippen LogP contribution in [0.1, 0.15) is 11.1 Å². The summed E-state index contributed by atoms with van der Waals surface area (Å²) in [5.41, 5.74) is 2.38. The van der Waals surface area contributed by atoms with Crippen molar-refractivity contribution in [1.29, 1.82) is 0 Å². The van der Waals surface area contributed by atoms with Gasteiger partial charge in [-0.3, -0.25) is 4.79 Å². The maximum Gasteiger partial charge on any atom is 0.260 e. The molecule has 3 rings (SSSR count). The lowest BCUT2D eigenvalue weighted by molar-refractivity contribution is -0.917. The lowest BCUT2D eigenvalue weighted by Gasteiger charge is -2.32. The molecule has 1 N–H and O–H groups in total. The Kier molecular flexibility index (Phi) is 6.76. The summed E-state index contributed by atoms with van der Waals surface area (Å²) in [6.07, 6.45) is 0. The number of carbonyl (C=O) groups excluding carboxylic acids is 1. The number of hydrogen-bond donors (Lipinski definition) is 1. The summed E-state index contributed by atoms with van der Waals surface area (Å²) in [5.74, 6) is 2.27. The van der Waals surface area contributed by atoms with Crippen molar-refractivity contribution in [3.05, 3.63) is 53.6 Å². The topological polar surface area (TPSA) is 52.4 Å². The Bertz CT molecular complexity index is 784. The van der Waals surface area contributed by atoms with Crippen molar-refractivity contribution < 1.29 is 23.9 Å². The average molecular weight is 385 g/mol. The van der Waals surface area contributed by atoms with Gasteiger partial charge in [0.25, 0.3) is 5.91 Å². The maximum absolute atomic E-state index is 12.4. The molecule has 28 heavy (non-hydrogen) atoms. The number of carbonyl (C=O) groups is 1. The van der Waals surface area contributed by atoms with Crippen molar-refractivity contribution in [2.75, 3.05) is 47.0 Å². The van der Waals surface area contributed by atoms with Gasteiger partial charge >= 0.3 is 0 Å². The SMILES string of the molecule is COc1ccc(C[NH+]2CCN(C(=O)COc3ccc(C)cc3)CC2)cc1OC. The van der Waals surface area contributed by atoms with Crippen LogP contribution in [0.3, 0.4) is 0 Å². The zero-order chi connectivity index (χ0) is 19.9. The fourth-order valence-electron chi connectivity index (χ4n) is 3.40. The Morgan fingerprint density at radius 2 is 1.68 bits per heavy atom. The molecule has 0 radical (unpaired) electrons. The average Bonchev–Trinajstić information content (AvgIpc) is 2.73. The highest BCUT2D eigenvalue weighted by atomic mass is 16.5. The lowest BCUT2D eigenvalue weighted by Crippen LogP contribution is -3.13. The highest BCUT2D eigenvalue weighted by Gasteiger charge is 2.24. The van der Waals surface area contributed by atoms with Gasteiger partial charge in [0.05, 0.1) is 40.4 Å². The van der Waals surface area contributed by atoms with Gasteiger partial charge in [-0.15, -0.1) is 0 Å². The second kappa shape index (κ2) is 9.46. The Morgan fingerprint density at radius 1 is 1.00 bits per heavy atom. The molecule has 1 amide bonds. The normalized spacial score (nSPS) is 14.6. The van der Waals surface area contributed by atoms with E-state index < -0.39 is 0 Å². The van der Waals surface area contributed by atoms with Crippen LogP contribution >= 0.6 is 0 Å². The number of hydrogen-bond acceptors (Lipinski definition) is 4. The Balaban J connectivity index is 1.46. The van der Waals surface area contributed by atoms with Gasteiger partial charge in [0.2, 0.25) is 0 Å². The van der Waals surface area contributed by atoms with E-state index >= 15 is 0 Å². The van der Waals surface area contributed by atoms with E-state index in [1.807, 2.05) is 48.2 Å². The van der Waals surface area contributed by atoms with Crippen LogP contribution in [0.5, 0.6) is 17.2 Å². The van der Waals surface area contributed by atoms with Crippen LogP contribution in [0.2, 0.25) is 0 Å². The van der Waals surface area contributed by atoms with Crippen molar-refractivity contribution in [3.63, 3.8) is 0 Å². The van der Waals surface area contributed by atoms with E-state index in [1.165, 1.54) is 16.0 Å². The molecule has 0 atom stereocenters. The number of benzene rings is 2. The first-order valence-electron chi connectivity index (χ1n) is 9.60. The van der Waals surface area contributed by atoms with Crippen LogP contribution < -0.4 is 19.1 Å². The molecule has 1 saturated heterocycles. The Labute approximate surface area is 166 Å². The fraction of sp³-hybridized carbons (Fsp3) is 0.409. The molecule has 6 nitrogen and oxygen atoms in total. The number of aryl methyl sites for hydroxylation is 1. The van der Waals surface area contributed by atoms with Crippen LogP contribution in [0.15, 0.2) is 42.5 Å². The molecule has 1 aliphatic heterocycles. The number of piperazine rings is 1. The molecular formula is C22H29N2O4+. The molecule has 0 bridgehead atoms. The van der Waals surface area contributed by atoms with E-state index in [0.29, 0.717) is 0 Å². The summed E-state index contributed by atoms with van der Waals surface area (Å²) in [7, 11) is 3.29. The van der Waals surface area contributed by atoms with Crippen molar-refractivity contribution in [1.82, 2.24) is 4.90 Å². The first-order valence-corrected chi connectivity index (χ1v) is 9.60. The van der Waals surface area contributed by atoms with Crippen LogP contribution in [0.4, 0.5) is 0 Å². The summed E-state index contributed by atoms with van der Waals surface area (Å²) in [5, 5.41) is 0. The van der Waals surface area contributed by atoms with E-state index in [-0.39, 0.29) is 12.5 Å². The summed E-state index contributed by atoms with van der Waals surface area (Å²) >= 11 is 0. The first-order chi connectivity index (χ1) is 13.6. The van der Waals surface area contributed by atoms with Gasteiger partial charge in [-0.25, -0.2) is 0 Å². The van der Waals surface area contributed by atoms with Crippen molar-refractivity contribution in [3.8, 4) is 17.2 Å². The Morgan fingerprint density at radius 3 is 2.32 bits per heavy atom. The number of methoxy groups -OCH3 is 2. The number of ether oxygens (including phenoxy) is 3. The van der Waals surface area contributed by atoms with Crippen molar-refractivity contribution in [2.45, 2.75) is 13.5 Å². The zero-order valence-corrected chi connectivity index (χ0v) is 16.9. The second-order valence-electron chi connectivity index (χ2n) is 7.10. The van der Waals surface area contributed by atoms with Crippen LogP contribution in [-0.4, -0.2) is 57.8 Å². The Hall–Kier alpha value is -2.73. The molecule has 0 aromatic heterocycles. The zero-order valence-electron chi connectivity index (χ0n) is 16.9. The molecule has 150 valence electrons. The summed E-state index contributed by atoms with van der Waals surface area (Å²) < 4.78 is 16.3. The predicted octanol–water partition coefficient (Wildman–Crippen LogP) is 1.32. The number of nitrogens with one attached hydrogen (secondary N) is 1. The fourth-order valence-corrected chi connectivity index (χ4v) is 3.40. The molecule has 0 spiro atoms. The van der Waals surface area contributed by atoms with Gasteiger partial charge in [-0.1, -0.05) is 17.7 Å². The monoisotopic (exact) mass is 385 g/mol. The van der Waals surface area contributed by atoms with E-state index in [9.17, 15) is 4.79 Å². The number of amides is 1. The molecule has 1 fully saturated rings. The summed E-state index contributed by atoms with van der Waals surface area (Å²) in [6, 6.07) is 13.8. The second-order valence-corrected chi connectivity index (χ2v) is 7.10. The summed E-state index contributed by atoms with van der Waals surface area (Å²) in [4.78, 5) is 15.8. The minimum atomic E-state index is 0.0470. The van der Waals surface area contributed by atoms with Crippen LogP contribution in [-0.2, 0) is 11.3 Å². The van der Waals surface area contributed by atoms with Gasteiger partial charge in [0.1, 0.15) is 12.3 Å². The van der Waals surface area contributed by atoms with Gasteiger partial charge in [0, 0.05) is 5.56 Å². The standard InChI is InChI=1S/C22H28N2O4/c1-17-4-7-19(8-5-17)28-16-22(25)24-12-10-23(11-13-24)15-18-6-9-20(26-2)21(14-18)27-3/h4-9,14H,10-13,15-16H2,1-3H3/p+1. The molecular weight excluding hydrogens is 356 g/mol. The third-order valence-corrected chi connectivity index (χ3v) is 5.11. The van der Waals surface area contributed by atoms with Gasteiger partial charge in [-0.05, 0) is 37.3 Å². The van der Waals surface area contributed by atoms with Crippen molar-refractivity contribution >= 4 is 5.91 Å². The minimum Gasteiger partial charge on any atom is -0.493 e. The molecule has 2 aromatic rings. The van der Waals surface area contributed by atoms with Crippen LogP contribution in [0.25, 0.3) is 0 Å². The maximum atomic E-state index is 12.4. The highest BCUT2D eigenvalue weighted by Crippen LogP contribution is 2.27. The van der Waals surface area contributed by atoms with Gasteiger partial charge in [0.15, 0.2) is 18.1 Å². The van der Waals surface area contributed by atoms with E-state index in [2.05, 4.69) is 6.07 Å². The van der Waals surface area contributed by atoms with E-state index in [1.54, 1.807) is 14.2 Å². The van der Waals surface area contributed by atoms with E-state index in [0.717, 1.165) is 50.0 Å². The molecule has 6 heteroatoms.